The Bertz CT molecular complexity index is 2130. The SMILES string of the molecule is C=C/C=C(/C)c1oc2c(C)cc(-c3ccccc3-c3ccc4c(c3)c3ccccc3c3nccnc43)cc2c1C. The highest BCUT2D eigenvalue weighted by Crippen LogP contribution is 2.40. The standard InChI is InChI=1S/C37H28N2O/c1-5-10-22(2)36-24(4)32-21-26(19-23(3)37(32)40-36)28-12-7-6-11-27(28)25-15-16-31-33(20-25)29-13-8-9-14-30(29)34-35(31)39-18-17-38-34/h5-21H,1H2,2-4H3/b22-10-. The first-order valence-electron chi connectivity index (χ1n) is 13.5. The molecule has 0 spiro atoms. The molecule has 0 amide bonds. The van der Waals surface area contributed by atoms with Gasteiger partial charge in [-0.2, -0.15) is 0 Å². The first kappa shape index (κ1) is 24.1. The molecule has 0 N–H and O–H groups in total. The van der Waals surface area contributed by atoms with Crippen LogP contribution < -0.4 is 0 Å². The van der Waals surface area contributed by atoms with Gasteiger partial charge < -0.3 is 4.42 Å². The van der Waals surface area contributed by atoms with Crippen LogP contribution in [0.25, 0.3) is 71.4 Å². The van der Waals surface area contributed by atoms with Gasteiger partial charge in [-0.15, -0.1) is 0 Å². The van der Waals surface area contributed by atoms with Crippen molar-refractivity contribution in [3.8, 4) is 22.3 Å². The van der Waals surface area contributed by atoms with Gasteiger partial charge in [0.2, 0.25) is 0 Å². The van der Waals surface area contributed by atoms with Crippen molar-refractivity contribution >= 4 is 49.1 Å². The van der Waals surface area contributed by atoms with Crippen LogP contribution in [0.3, 0.4) is 0 Å². The van der Waals surface area contributed by atoms with E-state index in [0.29, 0.717) is 0 Å². The quantitative estimate of drug-likeness (QED) is 0.173. The van der Waals surface area contributed by atoms with Crippen LogP contribution in [0.4, 0.5) is 0 Å². The van der Waals surface area contributed by atoms with Crippen molar-refractivity contribution in [3.63, 3.8) is 0 Å². The minimum Gasteiger partial charge on any atom is -0.456 e. The molecule has 0 aliphatic rings. The Kier molecular flexibility index (Phi) is 5.60. The molecular weight excluding hydrogens is 488 g/mol. The first-order valence-corrected chi connectivity index (χ1v) is 13.5. The van der Waals surface area contributed by atoms with Gasteiger partial charge in [0.1, 0.15) is 11.3 Å². The normalized spacial score (nSPS) is 12.1. The fraction of sp³-hybridized carbons (Fsp3) is 0.0811. The second kappa shape index (κ2) is 9.32. The predicted molar refractivity (Wildman–Crippen MR) is 169 cm³/mol. The van der Waals surface area contributed by atoms with Gasteiger partial charge in [0.05, 0.1) is 11.0 Å². The Labute approximate surface area is 233 Å². The Hall–Kier alpha value is -5.02. The van der Waals surface area contributed by atoms with Crippen molar-refractivity contribution < 1.29 is 4.42 Å². The zero-order valence-electron chi connectivity index (χ0n) is 22.8. The van der Waals surface area contributed by atoms with Gasteiger partial charge in [-0.05, 0) is 83.1 Å². The van der Waals surface area contributed by atoms with Gasteiger partial charge in [-0.25, -0.2) is 0 Å². The maximum Gasteiger partial charge on any atom is 0.138 e. The molecule has 3 nitrogen and oxygen atoms in total. The number of fused-ring (bicyclic) bond motifs is 7. The third kappa shape index (κ3) is 3.66. The summed E-state index contributed by atoms with van der Waals surface area (Å²) in [6.45, 7) is 10.2. The number of allylic oxidation sites excluding steroid dienone is 3. The maximum absolute atomic E-state index is 6.35. The molecule has 2 aromatic heterocycles. The number of benzene rings is 5. The minimum absolute atomic E-state index is 0.917. The molecule has 7 rings (SSSR count). The Morgan fingerprint density at radius 2 is 1.32 bits per heavy atom. The fourth-order valence-corrected chi connectivity index (χ4v) is 6.06. The first-order chi connectivity index (χ1) is 19.5. The van der Waals surface area contributed by atoms with Gasteiger partial charge in [0.15, 0.2) is 0 Å². The molecule has 0 saturated heterocycles. The molecule has 0 aliphatic heterocycles. The third-order valence-corrected chi connectivity index (χ3v) is 7.94. The van der Waals surface area contributed by atoms with Gasteiger partial charge in [0.25, 0.3) is 0 Å². The lowest BCUT2D eigenvalue weighted by atomic mass is 9.90. The van der Waals surface area contributed by atoms with Crippen LogP contribution in [-0.4, -0.2) is 9.97 Å². The van der Waals surface area contributed by atoms with E-state index in [0.717, 1.165) is 55.2 Å². The summed E-state index contributed by atoms with van der Waals surface area (Å²) in [7, 11) is 0. The van der Waals surface area contributed by atoms with Crippen molar-refractivity contribution in [2.45, 2.75) is 20.8 Å². The number of nitrogens with zero attached hydrogens (tertiary/aromatic N) is 2. The van der Waals surface area contributed by atoms with Crippen molar-refractivity contribution in [2.75, 3.05) is 0 Å². The number of furan rings is 1. The lowest BCUT2D eigenvalue weighted by molar-refractivity contribution is 0.594. The smallest absolute Gasteiger partial charge is 0.138 e. The highest BCUT2D eigenvalue weighted by Gasteiger charge is 2.17. The number of hydrogen-bond acceptors (Lipinski definition) is 3. The summed E-state index contributed by atoms with van der Waals surface area (Å²) in [6, 6.07) is 28.3. The monoisotopic (exact) mass is 516 g/mol. The molecule has 3 heteroatoms. The number of aromatic nitrogens is 2. The van der Waals surface area contributed by atoms with Crippen LogP contribution in [0, 0.1) is 13.8 Å². The van der Waals surface area contributed by atoms with Gasteiger partial charge in [0, 0.05) is 34.1 Å². The van der Waals surface area contributed by atoms with E-state index in [-0.39, 0.29) is 0 Å². The number of aryl methyl sites for hydroxylation is 2. The molecule has 7 aromatic rings. The van der Waals surface area contributed by atoms with Crippen molar-refractivity contribution in [1.29, 1.82) is 0 Å². The largest absolute Gasteiger partial charge is 0.456 e. The van der Waals surface area contributed by atoms with Crippen molar-refractivity contribution in [3.05, 3.63) is 127 Å². The molecular formula is C37H28N2O. The molecule has 0 fully saturated rings. The summed E-state index contributed by atoms with van der Waals surface area (Å²) in [5.41, 5.74) is 10.9. The van der Waals surface area contributed by atoms with Gasteiger partial charge in [-0.1, -0.05) is 79.4 Å². The second-order valence-electron chi connectivity index (χ2n) is 10.4. The zero-order chi connectivity index (χ0) is 27.4. The average molecular weight is 517 g/mol. The number of hydrogen-bond donors (Lipinski definition) is 0. The average Bonchev–Trinajstić information content (AvgIpc) is 3.34. The van der Waals surface area contributed by atoms with Crippen LogP contribution >= 0.6 is 0 Å². The summed E-state index contributed by atoms with van der Waals surface area (Å²) in [4.78, 5) is 9.40. The molecule has 2 heterocycles. The molecule has 5 aromatic carbocycles. The molecule has 0 saturated carbocycles. The molecule has 0 aliphatic carbocycles. The summed E-state index contributed by atoms with van der Waals surface area (Å²) in [6.07, 6.45) is 7.34. The zero-order valence-corrected chi connectivity index (χ0v) is 22.8. The lowest BCUT2D eigenvalue weighted by Crippen LogP contribution is -1.90. The van der Waals surface area contributed by atoms with Crippen molar-refractivity contribution in [1.82, 2.24) is 9.97 Å². The number of rotatable bonds is 4. The molecule has 0 bridgehead atoms. The lowest BCUT2D eigenvalue weighted by Gasteiger charge is -2.14. The van der Waals surface area contributed by atoms with Crippen molar-refractivity contribution in [2.24, 2.45) is 0 Å². The maximum atomic E-state index is 6.35. The Morgan fingerprint density at radius 3 is 2.05 bits per heavy atom. The van der Waals surface area contributed by atoms with E-state index < -0.39 is 0 Å². The van der Waals surface area contributed by atoms with E-state index in [9.17, 15) is 0 Å². The second-order valence-corrected chi connectivity index (χ2v) is 10.4. The van der Waals surface area contributed by atoms with Gasteiger partial charge >= 0.3 is 0 Å². The summed E-state index contributed by atoms with van der Waals surface area (Å²) in [5.74, 6) is 0.917. The third-order valence-electron chi connectivity index (χ3n) is 7.94. The highest BCUT2D eigenvalue weighted by atomic mass is 16.3. The van der Waals surface area contributed by atoms with E-state index >= 15 is 0 Å². The van der Waals surface area contributed by atoms with Crippen LogP contribution in [-0.2, 0) is 0 Å². The van der Waals surface area contributed by atoms with E-state index in [1.54, 1.807) is 18.5 Å². The minimum atomic E-state index is 0.917. The van der Waals surface area contributed by atoms with Crippen LogP contribution in [0.1, 0.15) is 23.8 Å². The molecule has 192 valence electrons. The topological polar surface area (TPSA) is 38.9 Å². The summed E-state index contributed by atoms with van der Waals surface area (Å²) in [5, 5.41) is 5.75. The fourth-order valence-electron chi connectivity index (χ4n) is 6.06. The molecule has 0 unspecified atom stereocenters. The Morgan fingerprint density at radius 1 is 0.700 bits per heavy atom. The summed E-state index contributed by atoms with van der Waals surface area (Å²) < 4.78 is 6.35. The molecule has 0 radical (unpaired) electrons. The molecule has 40 heavy (non-hydrogen) atoms. The van der Waals surface area contributed by atoms with E-state index in [1.807, 2.05) is 6.08 Å². The van der Waals surface area contributed by atoms with E-state index in [2.05, 4.69) is 111 Å². The molecule has 0 atom stereocenters. The van der Waals surface area contributed by atoms with Crippen LogP contribution in [0.2, 0.25) is 0 Å². The van der Waals surface area contributed by atoms with Crippen LogP contribution in [0.5, 0.6) is 0 Å². The van der Waals surface area contributed by atoms with E-state index in [1.165, 1.54) is 33.0 Å². The van der Waals surface area contributed by atoms with E-state index in [4.69, 9.17) is 9.40 Å². The predicted octanol–water partition coefficient (Wildman–Crippen LogP) is 10.2. The summed E-state index contributed by atoms with van der Waals surface area (Å²) >= 11 is 0. The highest BCUT2D eigenvalue weighted by molar-refractivity contribution is 6.23. The Balaban J connectivity index is 1.45. The van der Waals surface area contributed by atoms with Gasteiger partial charge in [-0.3, -0.25) is 9.97 Å². The van der Waals surface area contributed by atoms with Crippen LogP contribution in [0.15, 0.2) is 114 Å².